The van der Waals surface area contributed by atoms with E-state index in [0.717, 1.165) is 16.8 Å². The molecule has 0 bridgehead atoms. The maximum Gasteiger partial charge on any atom is 0.290 e. The molecule has 10 heteroatoms. The number of nitrogens with one attached hydrogen (secondary N) is 1. The number of rotatable bonds is 6. The summed E-state index contributed by atoms with van der Waals surface area (Å²) in [6.45, 7) is 4.18. The molecule has 0 atom stereocenters. The van der Waals surface area contributed by atoms with Gasteiger partial charge in [-0.1, -0.05) is 30.3 Å². The van der Waals surface area contributed by atoms with Crippen molar-refractivity contribution in [3.63, 3.8) is 0 Å². The minimum Gasteiger partial charge on any atom is -0.381 e. The van der Waals surface area contributed by atoms with E-state index in [-0.39, 0.29) is 16.7 Å². The molecule has 0 aliphatic rings. The number of hydrogen-bond acceptors (Lipinski definition) is 5. The number of aryl methyl sites for hydroxylation is 4. The van der Waals surface area contributed by atoms with Gasteiger partial charge in [-0.2, -0.15) is 4.74 Å². The zero-order valence-electron chi connectivity index (χ0n) is 21.9. The number of benzene rings is 2. The van der Waals surface area contributed by atoms with E-state index < -0.39 is 17.4 Å². The first-order chi connectivity index (χ1) is 18.6. The highest BCUT2D eigenvalue weighted by atomic mass is 16.5. The quantitative estimate of drug-likeness (QED) is 0.349. The molecule has 5 rings (SSSR count). The van der Waals surface area contributed by atoms with Gasteiger partial charge in [0.1, 0.15) is 11.3 Å². The first-order valence-electron chi connectivity index (χ1n) is 12.3. The molecule has 0 aliphatic carbocycles. The number of nitrogens with zero attached hydrogens (tertiary/aromatic N) is 3. The monoisotopic (exact) mass is 525 g/mol. The lowest BCUT2D eigenvalue weighted by Gasteiger charge is -2.13. The number of hydrogen-bond donors (Lipinski definition) is 2. The van der Waals surface area contributed by atoms with Crippen molar-refractivity contribution >= 4 is 28.4 Å². The van der Waals surface area contributed by atoms with Crippen LogP contribution in [0.25, 0.3) is 33.3 Å². The summed E-state index contributed by atoms with van der Waals surface area (Å²) in [4.78, 5) is 50.8. The van der Waals surface area contributed by atoms with Crippen LogP contribution in [0.15, 0.2) is 74.9 Å². The van der Waals surface area contributed by atoms with Crippen LogP contribution in [0.4, 0.5) is 5.69 Å². The Morgan fingerprint density at radius 1 is 0.974 bits per heavy atom. The second kappa shape index (κ2) is 9.64. The third-order valence-corrected chi connectivity index (χ3v) is 6.77. The number of carbonyl (C=O) groups is 2. The number of primary amides is 1. The third kappa shape index (κ3) is 4.35. The van der Waals surface area contributed by atoms with E-state index in [1.807, 2.05) is 41.8 Å². The summed E-state index contributed by atoms with van der Waals surface area (Å²) in [5, 5.41) is 3.45. The van der Waals surface area contributed by atoms with Crippen LogP contribution in [0.3, 0.4) is 0 Å². The number of aromatic nitrogens is 3. The van der Waals surface area contributed by atoms with Crippen molar-refractivity contribution in [3.8, 4) is 22.4 Å². The molecule has 0 spiro atoms. The summed E-state index contributed by atoms with van der Waals surface area (Å²) < 4.78 is 9.91. The molecule has 2 amide bonds. The van der Waals surface area contributed by atoms with Crippen molar-refractivity contribution in [3.05, 3.63) is 98.4 Å². The van der Waals surface area contributed by atoms with Crippen LogP contribution in [-0.2, 0) is 20.6 Å². The van der Waals surface area contributed by atoms with Crippen molar-refractivity contribution in [1.82, 2.24) is 13.9 Å². The van der Waals surface area contributed by atoms with Crippen LogP contribution in [-0.4, -0.2) is 25.7 Å². The lowest BCUT2D eigenvalue weighted by Crippen LogP contribution is -2.28. The van der Waals surface area contributed by atoms with Gasteiger partial charge in [0.25, 0.3) is 17.0 Å². The third-order valence-electron chi connectivity index (χ3n) is 6.77. The zero-order valence-corrected chi connectivity index (χ0v) is 21.9. The minimum absolute atomic E-state index is 0.0123. The smallest absolute Gasteiger partial charge is 0.290 e. The summed E-state index contributed by atoms with van der Waals surface area (Å²) in [6.07, 6.45) is 1.70. The van der Waals surface area contributed by atoms with Gasteiger partial charge in [-0.05, 0) is 49.2 Å². The van der Waals surface area contributed by atoms with Crippen molar-refractivity contribution < 1.29 is 14.1 Å². The second-order valence-electron chi connectivity index (χ2n) is 9.30. The molecule has 5 aromatic rings. The highest BCUT2D eigenvalue weighted by Gasteiger charge is 2.23. The number of nitrogens with two attached hydrogens (primary N) is 1. The maximum absolute atomic E-state index is 13.5. The largest absolute Gasteiger partial charge is 0.381 e. The fourth-order valence-electron chi connectivity index (χ4n) is 4.94. The molecule has 39 heavy (non-hydrogen) atoms. The van der Waals surface area contributed by atoms with Crippen LogP contribution >= 0.6 is 0 Å². The fourth-order valence-corrected chi connectivity index (χ4v) is 4.94. The summed E-state index contributed by atoms with van der Waals surface area (Å²) in [5.41, 5.74) is 8.68. The van der Waals surface area contributed by atoms with Gasteiger partial charge in [0.2, 0.25) is 5.91 Å². The van der Waals surface area contributed by atoms with Gasteiger partial charge < -0.3 is 24.7 Å². The topological polar surface area (TPSA) is 134 Å². The molecule has 0 fully saturated rings. The molecule has 3 heterocycles. The zero-order chi connectivity index (χ0) is 28.0. The van der Waals surface area contributed by atoms with Crippen molar-refractivity contribution in [2.24, 2.45) is 19.8 Å². The highest BCUT2D eigenvalue weighted by molar-refractivity contribution is 6.12. The Labute approximate surface area is 222 Å². The van der Waals surface area contributed by atoms with Crippen LogP contribution in [0.1, 0.15) is 33.4 Å². The van der Waals surface area contributed by atoms with Crippen LogP contribution in [0.2, 0.25) is 0 Å². The Morgan fingerprint density at radius 3 is 2.28 bits per heavy atom. The number of amides is 2. The van der Waals surface area contributed by atoms with Gasteiger partial charge in [-0.15, -0.1) is 0 Å². The average Bonchev–Trinajstić information content (AvgIpc) is 3.39. The lowest BCUT2D eigenvalue weighted by atomic mass is 10.0. The molecule has 0 aliphatic heterocycles. The second-order valence-corrected chi connectivity index (χ2v) is 9.30. The standard InChI is InChI=1S/C29H27N5O5/c1-5-34-22(17-9-11-18(12-10-17)23-16(2)39-33(4)29(23)38)14-20-15-32(3)28(37)24(25(20)34)27(36)31-21-8-6-7-19(13-21)26(30)35/h6-15H,5H2,1-4H3,(H2,30,35)(H,31,36). The van der Waals surface area contributed by atoms with E-state index in [9.17, 15) is 19.2 Å². The Morgan fingerprint density at radius 2 is 1.67 bits per heavy atom. The van der Waals surface area contributed by atoms with Gasteiger partial charge in [-0.3, -0.25) is 19.2 Å². The van der Waals surface area contributed by atoms with Gasteiger partial charge in [-0.25, -0.2) is 0 Å². The molecule has 3 aromatic heterocycles. The molecule has 198 valence electrons. The Bertz CT molecular complexity index is 1890. The molecule has 0 saturated heterocycles. The number of fused-ring (bicyclic) bond motifs is 1. The predicted octanol–water partition coefficient (Wildman–Crippen LogP) is 3.65. The average molecular weight is 526 g/mol. The van der Waals surface area contributed by atoms with Crippen molar-refractivity contribution in [2.75, 3.05) is 5.32 Å². The van der Waals surface area contributed by atoms with E-state index in [0.29, 0.717) is 34.5 Å². The van der Waals surface area contributed by atoms with E-state index in [2.05, 4.69) is 5.32 Å². The summed E-state index contributed by atoms with van der Waals surface area (Å²) in [6, 6.07) is 15.7. The Kier molecular flexibility index (Phi) is 6.31. The van der Waals surface area contributed by atoms with E-state index in [4.69, 9.17) is 10.3 Å². The van der Waals surface area contributed by atoms with Crippen LogP contribution < -0.4 is 22.2 Å². The molecule has 10 nitrogen and oxygen atoms in total. The minimum atomic E-state index is -0.622. The van der Waals surface area contributed by atoms with E-state index >= 15 is 0 Å². The van der Waals surface area contributed by atoms with Gasteiger partial charge in [0.05, 0.1) is 11.1 Å². The SMILES string of the molecule is CCn1c(-c2ccc(-c3c(C)on(C)c3=O)cc2)cc2cn(C)c(=O)c(C(=O)Nc3cccc(C(N)=O)c3)c21. The van der Waals surface area contributed by atoms with Gasteiger partial charge >= 0.3 is 0 Å². The normalized spacial score (nSPS) is 11.2. The molecule has 0 unspecified atom stereocenters. The van der Waals surface area contributed by atoms with E-state index in [1.54, 1.807) is 45.4 Å². The molecular formula is C29H27N5O5. The fraction of sp³-hybridized carbons (Fsp3) is 0.172. The lowest BCUT2D eigenvalue weighted by molar-refractivity contribution is 0.0996. The van der Waals surface area contributed by atoms with Gasteiger partial charge in [0.15, 0.2) is 0 Å². The first-order valence-corrected chi connectivity index (χ1v) is 12.3. The summed E-state index contributed by atoms with van der Waals surface area (Å²) >= 11 is 0. The highest BCUT2D eigenvalue weighted by Crippen LogP contribution is 2.31. The molecular weight excluding hydrogens is 498 g/mol. The molecule has 0 radical (unpaired) electrons. The number of carbonyl (C=O) groups excluding carboxylic acids is 2. The van der Waals surface area contributed by atoms with Crippen molar-refractivity contribution in [1.29, 1.82) is 0 Å². The first kappa shape index (κ1) is 25.5. The van der Waals surface area contributed by atoms with Gasteiger partial charge in [0, 0.05) is 49.2 Å². The molecule has 2 aromatic carbocycles. The number of pyridine rings is 1. The Hall–Kier alpha value is -5.12. The van der Waals surface area contributed by atoms with Crippen LogP contribution in [0.5, 0.6) is 0 Å². The molecule has 0 saturated carbocycles. The van der Waals surface area contributed by atoms with Crippen molar-refractivity contribution in [2.45, 2.75) is 20.4 Å². The summed E-state index contributed by atoms with van der Waals surface area (Å²) in [5.74, 6) is -0.683. The van der Waals surface area contributed by atoms with Crippen LogP contribution in [0, 0.1) is 6.92 Å². The molecule has 3 N–H and O–H groups in total. The summed E-state index contributed by atoms with van der Waals surface area (Å²) in [7, 11) is 3.16. The number of anilines is 1. The Balaban J connectivity index is 1.61. The maximum atomic E-state index is 13.5. The van der Waals surface area contributed by atoms with E-state index in [1.165, 1.54) is 15.4 Å². The predicted molar refractivity (Wildman–Crippen MR) is 149 cm³/mol.